The first-order valence-electron chi connectivity index (χ1n) is 9.74. The van der Waals surface area contributed by atoms with Crippen LogP contribution in [0.4, 0.5) is 10.5 Å². The lowest BCUT2D eigenvalue weighted by Gasteiger charge is -2.31. The number of nitrogens with zero attached hydrogens (tertiary/aromatic N) is 3. The highest BCUT2D eigenvalue weighted by Crippen LogP contribution is 2.29. The number of piperidine rings is 1. The lowest BCUT2D eigenvalue weighted by Crippen LogP contribution is -2.41. The molecule has 7 heteroatoms. The van der Waals surface area contributed by atoms with Crippen LogP contribution in [0.3, 0.4) is 0 Å². The first-order chi connectivity index (χ1) is 14.0. The molecule has 0 spiro atoms. The van der Waals surface area contributed by atoms with E-state index in [9.17, 15) is 9.59 Å². The van der Waals surface area contributed by atoms with Gasteiger partial charge in [-0.3, -0.25) is 4.79 Å². The van der Waals surface area contributed by atoms with Crippen LogP contribution in [-0.4, -0.2) is 53.9 Å². The number of anilines is 1. The van der Waals surface area contributed by atoms with E-state index >= 15 is 0 Å². The van der Waals surface area contributed by atoms with Crippen LogP contribution in [0.25, 0.3) is 11.1 Å². The second kappa shape index (κ2) is 7.95. The number of urea groups is 1. The van der Waals surface area contributed by atoms with Gasteiger partial charge < -0.3 is 19.5 Å². The van der Waals surface area contributed by atoms with Crippen molar-refractivity contribution < 1.29 is 14.0 Å². The van der Waals surface area contributed by atoms with Gasteiger partial charge in [0.1, 0.15) is 5.52 Å². The Morgan fingerprint density at radius 3 is 2.79 bits per heavy atom. The van der Waals surface area contributed by atoms with Gasteiger partial charge in [0.25, 0.3) is 5.91 Å². The first kappa shape index (κ1) is 19.0. The number of rotatable bonds is 3. The van der Waals surface area contributed by atoms with Gasteiger partial charge in [-0.2, -0.15) is 0 Å². The van der Waals surface area contributed by atoms with Crippen molar-refractivity contribution in [3.63, 3.8) is 0 Å². The molecule has 150 valence electrons. The molecule has 1 aliphatic rings. The number of carbonyl (C=O) groups is 2. The minimum atomic E-state index is -0.180. The summed E-state index contributed by atoms with van der Waals surface area (Å²) in [6, 6.07) is 14.5. The summed E-state index contributed by atoms with van der Waals surface area (Å²) in [5.74, 6) is 0.654. The van der Waals surface area contributed by atoms with Crippen molar-refractivity contribution in [2.45, 2.75) is 18.8 Å². The highest BCUT2D eigenvalue weighted by atomic mass is 16.3. The van der Waals surface area contributed by atoms with Gasteiger partial charge in [0.2, 0.25) is 0 Å². The monoisotopic (exact) mass is 392 g/mol. The standard InChI is InChI=1S/C22H24N4O3/c1-25(2)21(27)15-7-5-9-17(13-15)23-22(28)26-12-6-8-16(14-26)20-24-18-10-3-4-11-19(18)29-20/h3-5,7,9-11,13,16H,6,8,12,14H2,1-2H3,(H,23,28)/t16-/m0/s1. The van der Waals surface area contributed by atoms with E-state index in [1.165, 1.54) is 4.90 Å². The molecule has 1 fully saturated rings. The van der Waals surface area contributed by atoms with Crippen molar-refractivity contribution in [2.24, 2.45) is 0 Å². The van der Waals surface area contributed by atoms with Crippen molar-refractivity contribution in [2.75, 3.05) is 32.5 Å². The second-order valence-electron chi connectivity index (χ2n) is 7.52. The topological polar surface area (TPSA) is 78.7 Å². The number of para-hydroxylation sites is 2. The third kappa shape index (κ3) is 4.08. The number of hydrogen-bond donors (Lipinski definition) is 1. The van der Waals surface area contributed by atoms with Crippen molar-refractivity contribution in [1.82, 2.24) is 14.8 Å². The van der Waals surface area contributed by atoms with E-state index in [1.807, 2.05) is 24.3 Å². The molecule has 7 nitrogen and oxygen atoms in total. The number of carbonyl (C=O) groups excluding carboxylic acids is 2. The molecule has 1 N–H and O–H groups in total. The Labute approximate surface area is 169 Å². The van der Waals surface area contributed by atoms with E-state index in [1.54, 1.807) is 43.3 Å². The van der Waals surface area contributed by atoms with Crippen LogP contribution in [0.5, 0.6) is 0 Å². The zero-order chi connectivity index (χ0) is 20.4. The number of nitrogens with one attached hydrogen (secondary N) is 1. The van der Waals surface area contributed by atoms with Crippen LogP contribution in [-0.2, 0) is 0 Å². The maximum atomic E-state index is 12.8. The SMILES string of the molecule is CN(C)C(=O)c1cccc(NC(=O)N2CCC[C@H](c3nc4ccccc4o3)C2)c1. The lowest BCUT2D eigenvalue weighted by molar-refractivity contribution is 0.0827. The van der Waals surface area contributed by atoms with Gasteiger partial charge in [-0.15, -0.1) is 0 Å². The van der Waals surface area contributed by atoms with Crippen LogP contribution in [0.1, 0.15) is 35.0 Å². The first-order valence-corrected chi connectivity index (χ1v) is 9.74. The van der Waals surface area contributed by atoms with Gasteiger partial charge in [-0.1, -0.05) is 18.2 Å². The largest absolute Gasteiger partial charge is 0.440 e. The van der Waals surface area contributed by atoms with E-state index in [0.717, 1.165) is 23.9 Å². The summed E-state index contributed by atoms with van der Waals surface area (Å²) in [5, 5.41) is 2.91. The van der Waals surface area contributed by atoms with Gasteiger partial charge in [0, 0.05) is 38.4 Å². The Morgan fingerprint density at radius 1 is 1.17 bits per heavy atom. The molecule has 0 radical (unpaired) electrons. The Morgan fingerprint density at radius 2 is 2.00 bits per heavy atom. The van der Waals surface area contributed by atoms with E-state index < -0.39 is 0 Å². The molecule has 0 aliphatic carbocycles. The van der Waals surface area contributed by atoms with Gasteiger partial charge in [-0.05, 0) is 43.2 Å². The van der Waals surface area contributed by atoms with Crippen LogP contribution < -0.4 is 5.32 Å². The molecule has 29 heavy (non-hydrogen) atoms. The molecular weight excluding hydrogens is 368 g/mol. The summed E-state index contributed by atoms with van der Waals surface area (Å²) in [5.41, 5.74) is 2.75. The summed E-state index contributed by atoms with van der Waals surface area (Å²) in [6.45, 7) is 1.23. The molecule has 2 heterocycles. The van der Waals surface area contributed by atoms with E-state index in [0.29, 0.717) is 30.2 Å². The molecule has 0 unspecified atom stereocenters. The number of oxazole rings is 1. The fourth-order valence-electron chi connectivity index (χ4n) is 3.62. The van der Waals surface area contributed by atoms with E-state index in [4.69, 9.17) is 4.42 Å². The fraction of sp³-hybridized carbons (Fsp3) is 0.318. The third-order valence-corrected chi connectivity index (χ3v) is 5.14. The highest BCUT2D eigenvalue weighted by Gasteiger charge is 2.28. The van der Waals surface area contributed by atoms with Crippen molar-refractivity contribution in [3.05, 3.63) is 60.0 Å². The average Bonchev–Trinajstić information content (AvgIpc) is 3.18. The number of hydrogen-bond acceptors (Lipinski definition) is 4. The predicted molar refractivity (Wildman–Crippen MR) is 111 cm³/mol. The zero-order valence-electron chi connectivity index (χ0n) is 16.6. The number of benzene rings is 2. The number of fused-ring (bicyclic) bond motifs is 1. The Balaban J connectivity index is 1.45. The Kier molecular flexibility index (Phi) is 5.20. The molecule has 1 saturated heterocycles. The van der Waals surface area contributed by atoms with Gasteiger partial charge in [0.05, 0.1) is 5.92 Å². The van der Waals surface area contributed by atoms with Crippen LogP contribution in [0.2, 0.25) is 0 Å². The average molecular weight is 392 g/mol. The van der Waals surface area contributed by atoms with E-state index in [2.05, 4.69) is 10.3 Å². The lowest BCUT2D eigenvalue weighted by atomic mass is 9.98. The van der Waals surface area contributed by atoms with Gasteiger partial charge >= 0.3 is 6.03 Å². The number of aromatic nitrogens is 1. The summed E-state index contributed by atoms with van der Waals surface area (Å²) in [4.78, 5) is 32.8. The second-order valence-corrected chi connectivity index (χ2v) is 7.52. The number of amides is 3. The summed E-state index contributed by atoms with van der Waals surface area (Å²) in [6.07, 6.45) is 1.82. The molecule has 1 aliphatic heterocycles. The smallest absolute Gasteiger partial charge is 0.321 e. The third-order valence-electron chi connectivity index (χ3n) is 5.14. The predicted octanol–water partition coefficient (Wildman–Crippen LogP) is 3.94. The normalized spacial score (nSPS) is 16.6. The quantitative estimate of drug-likeness (QED) is 0.732. The van der Waals surface area contributed by atoms with Crippen molar-refractivity contribution in [1.29, 1.82) is 0 Å². The van der Waals surface area contributed by atoms with Crippen LogP contribution in [0, 0.1) is 0 Å². The molecule has 4 rings (SSSR count). The van der Waals surface area contributed by atoms with Crippen molar-refractivity contribution in [3.8, 4) is 0 Å². The molecule has 1 aromatic heterocycles. The molecule has 2 aromatic carbocycles. The summed E-state index contributed by atoms with van der Waals surface area (Å²) < 4.78 is 5.91. The zero-order valence-corrected chi connectivity index (χ0v) is 16.6. The van der Waals surface area contributed by atoms with Crippen LogP contribution >= 0.6 is 0 Å². The van der Waals surface area contributed by atoms with E-state index in [-0.39, 0.29) is 17.9 Å². The molecule has 0 bridgehead atoms. The maximum Gasteiger partial charge on any atom is 0.321 e. The molecular formula is C22H24N4O3. The minimum Gasteiger partial charge on any atom is -0.440 e. The van der Waals surface area contributed by atoms with Crippen LogP contribution in [0.15, 0.2) is 52.9 Å². The van der Waals surface area contributed by atoms with Crippen molar-refractivity contribution >= 4 is 28.7 Å². The summed E-state index contributed by atoms with van der Waals surface area (Å²) in [7, 11) is 3.40. The minimum absolute atomic E-state index is 0.0727. The number of likely N-dealkylation sites (tertiary alicyclic amines) is 1. The summed E-state index contributed by atoms with van der Waals surface area (Å²) >= 11 is 0. The molecule has 0 saturated carbocycles. The molecule has 3 aromatic rings. The molecule has 3 amide bonds. The fourth-order valence-corrected chi connectivity index (χ4v) is 3.62. The highest BCUT2D eigenvalue weighted by molar-refractivity contribution is 5.96. The molecule has 1 atom stereocenters. The van der Waals surface area contributed by atoms with Gasteiger partial charge in [0.15, 0.2) is 11.5 Å². The Hall–Kier alpha value is -3.35. The Bertz CT molecular complexity index is 1010. The maximum absolute atomic E-state index is 12.8. The van der Waals surface area contributed by atoms with Gasteiger partial charge in [-0.25, -0.2) is 9.78 Å².